The number of nitriles is 1. The number of fused-ring (bicyclic) bond motifs is 1. The predicted molar refractivity (Wildman–Crippen MR) is 77.6 cm³/mol. The molecular weight excluding hydrogens is 282 g/mol. The summed E-state index contributed by atoms with van der Waals surface area (Å²) >= 11 is 6.14. The fourth-order valence-corrected chi connectivity index (χ4v) is 2.58. The third-order valence-electron chi connectivity index (χ3n) is 2.86. The topological polar surface area (TPSA) is 58.7 Å². The number of aromatic nitrogens is 2. The van der Waals surface area contributed by atoms with Crippen LogP contribution in [0.25, 0.3) is 11.0 Å². The first kappa shape index (κ1) is 14.0. The molecule has 0 aliphatic carbocycles. The first-order valence-electron chi connectivity index (χ1n) is 5.87. The Morgan fingerprint density at radius 1 is 1.58 bits per heavy atom. The molecule has 1 aromatic heterocycles. The van der Waals surface area contributed by atoms with Crippen molar-refractivity contribution in [2.45, 2.75) is 18.8 Å². The van der Waals surface area contributed by atoms with E-state index in [1.807, 2.05) is 17.6 Å². The molecule has 0 spiro atoms. The fourth-order valence-electron chi connectivity index (χ4n) is 1.97. The van der Waals surface area contributed by atoms with Crippen LogP contribution in [0, 0.1) is 11.3 Å². The molecule has 4 nitrogen and oxygen atoms in total. The highest BCUT2D eigenvalue weighted by atomic mass is 35.5. The molecule has 2 aromatic rings. The number of nitrogens with zero attached hydrogens (tertiary/aromatic N) is 3. The number of benzene rings is 1. The third-order valence-corrected chi connectivity index (χ3v) is 3.82. The van der Waals surface area contributed by atoms with Gasteiger partial charge in [-0.05, 0) is 25.1 Å². The average molecular weight is 296 g/mol. The minimum atomic E-state index is -0.878. The fraction of sp³-hybridized carbons (Fsp3) is 0.385. The summed E-state index contributed by atoms with van der Waals surface area (Å²) in [4.78, 5) is 4.49. The van der Waals surface area contributed by atoms with Gasteiger partial charge in [0, 0.05) is 29.4 Å². The third kappa shape index (κ3) is 2.96. The highest BCUT2D eigenvalue weighted by molar-refractivity contribution is 7.84. The van der Waals surface area contributed by atoms with Gasteiger partial charge in [0.1, 0.15) is 5.82 Å². The van der Waals surface area contributed by atoms with Crippen LogP contribution in [-0.4, -0.2) is 25.8 Å². The zero-order valence-corrected chi connectivity index (χ0v) is 12.3. The molecule has 1 heterocycles. The van der Waals surface area contributed by atoms with E-state index >= 15 is 0 Å². The van der Waals surface area contributed by atoms with Crippen molar-refractivity contribution < 1.29 is 4.21 Å². The van der Waals surface area contributed by atoms with Gasteiger partial charge in [0.15, 0.2) is 0 Å². The van der Waals surface area contributed by atoms with Crippen LogP contribution in [0.1, 0.15) is 23.7 Å². The number of hydrogen-bond acceptors (Lipinski definition) is 3. The molecule has 2 atom stereocenters. The summed E-state index contributed by atoms with van der Waals surface area (Å²) < 4.78 is 13.2. The van der Waals surface area contributed by atoms with Gasteiger partial charge in [-0.3, -0.25) is 4.21 Å². The number of halogens is 1. The first-order valence-corrected chi connectivity index (χ1v) is 8.03. The molecule has 100 valence electrons. The quantitative estimate of drug-likeness (QED) is 0.815. The van der Waals surface area contributed by atoms with Crippen LogP contribution in [-0.2, 0) is 17.3 Å². The van der Waals surface area contributed by atoms with E-state index < -0.39 is 10.8 Å². The summed E-state index contributed by atoms with van der Waals surface area (Å²) in [7, 11) is -0.878. The molecule has 2 unspecified atom stereocenters. The van der Waals surface area contributed by atoms with E-state index in [4.69, 9.17) is 16.9 Å². The number of alkyl halides is 1. The second-order valence-electron chi connectivity index (χ2n) is 4.33. The number of rotatable bonds is 4. The Hall–Kier alpha value is -1.38. The lowest BCUT2D eigenvalue weighted by molar-refractivity contribution is 0.672. The summed E-state index contributed by atoms with van der Waals surface area (Å²) in [6, 6.07) is 7.46. The molecule has 2 rings (SSSR count). The Morgan fingerprint density at radius 3 is 2.89 bits per heavy atom. The molecule has 1 aromatic carbocycles. The Kier molecular flexibility index (Phi) is 4.23. The molecule has 0 fully saturated rings. The summed E-state index contributed by atoms with van der Waals surface area (Å²) in [6.07, 6.45) is 1.67. The lowest BCUT2D eigenvalue weighted by Gasteiger charge is -2.09. The van der Waals surface area contributed by atoms with Gasteiger partial charge in [-0.25, -0.2) is 4.98 Å². The summed E-state index contributed by atoms with van der Waals surface area (Å²) in [6.45, 7) is 2.44. The zero-order valence-electron chi connectivity index (χ0n) is 10.8. The van der Waals surface area contributed by atoms with Crippen LogP contribution in [0.2, 0.25) is 0 Å². The second kappa shape index (κ2) is 5.72. The van der Waals surface area contributed by atoms with Gasteiger partial charge in [-0.15, -0.1) is 11.6 Å². The number of aryl methyl sites for hydroxylation is 1. The van der Waals surface area contributed by atoms with Gasteiger partial charge in [-0.2, -0.15) is 5.26 Å². The van der Waals surface area contributed by atoms with E-state index in [2.05, 4.69) is 11.1 Å². The van der Waals surface area contributed by atoms with Gasteiger partial charge in [0.2, 0.25) is 0 Å². The molecular formula is C13H14ClN3OS. The predicted octanol–water partition coefficient (Wildman–Crippen LogP) is 2.59. The Balaban J connectivity index is 2.57. The van der Waals surface area contributed by atoms with Crippen LogP contribution in [0.3, 0.4) is 0 Å². The maximum Gasteiger partial charge on any atom is 0.127 e. The first-order chi connectivity index (χ1) is 9.02. The lowest BCUT2D eigenvalue weighted by Crippen LogP contribution is -2.10. The lowest BCUT2D eigenvalue weighted by atomic mass is 10.2. The van der Waals surface area contributed by atoms with Gasteiger partial charge >= 0.3 is 0 Å². The average Bonchev–Trinajstić information content (AvgIpc) is 2.74. The van der Waals surface area contributed by atoms with Crippen LogP contribution in [0.4, 0.5) is 0 Å². The Bertz CT molecular complexity index is 672. The molecule has 0 saturated heterocycles. The molecule has 0 bridgehead atoms. The maximum absolute atomic E-state index is 11.3. The van der Waals surface area contributed by atoms with Gasteiger partial charge in [0.05, 0.1) is 28.0 Å². The van der Waals surface area contributed by atoms with Crippen LogP contribution in [0.5, 0.6) is 0 Å². The van der Waals surface area contributed by atoms with Crippen molar-refractivity contribution in [2.24, 2.45) is 0 Å². The van der Waals surface area contributed by atoms with Crippen molar-refractivity contribution in [3.8, 4) is 6.07 Å². The van der Waals surface area contributed by atoms with E-state index in [1.165, 1.54) is 0 Å². The molecule has 19 heavy (non-hydrogen) atoms. The normalized spacial score (nSPS) is 14.2. The van der Waals surface area contributed by atoms with Gasteiger partial charge in [-0.1, -0.05) is 0 Å². The van der Waals surface area contributed by atoms with E-state index in [1.54, 1.807) is 18.4 Å². The highest BCUT2D eigenvalue weighted by Gasteiger charge is 2.15. The summed E-state index contributed by atoms with van der Waals surface area (Å²) in [5.74, 6) is 1.29. The van der Waals surface area contributed by atoms with E-state index in [9.17, 15) is 4.21 Å². The smallest absolute Gasteiger partial charge is 0.127 e. The van der Waals surface area contributed by atoms with Crippen LogP contribution in [0.15, 0.2) is 18.2 Å². The standard InChI is InChI=1S/C13H14ClN3OS/c1-9(14)13-16-11-4-3-10(8-15)7-12(11)17(13)5-6-19(2)18/h3-4,7,9H,5-6H2,1-2H3. The van der Waals surface area contributed by atoms with E-state index in [-0.39, 0.29) is 5.38 Å². The van der Waals surface area contributed by atoms with Crippen molar-refractivity contribution in [1.82, 2.24) is 9.55 Å². The molecule has 0 saturated carbocycles. The largest absolute Gasteiger partial charge is 0.326 e. The molecule has 6 heteroatoms. The molecule has 0 radical (unpaired) electrons. The summed E-state index contributed by atoms with van der Waals surface area (Å²) in [5, 5.41) is 8.73. The van der Waals surface area contributed by atoms with Crippen molar-refractivity contribution in [1.29, 1.82) is 5.26 Å². The molecule has 0 N–H and O–H groups in total. The van der Waals surface area contributed by atoms with Crippen LogP contribution < -0.4 is 0 Å². The Labute approximate surface area is 119 Å². The van der Waals surface area contributed by atoms with Crippen molar-refractivity contribution >= 4 is 33.4 Å². The van der Waals surface area contributed by atoms with Gasteiger partial charge in [0.25, 0.3) is 0 Å². The van der Waals surface area contributed by atoms with Crippen molar-refractivity contribution in [2.75, 3.05) is 12.0 Å². The monoisotopic (exact) mass is 295 g/mol. The minimum Gasteiger partial charge on any atom is -0.326 e. The Morgan fingerprint density at radius 2 is 2.32 bits per heavy atom. The number of imidazole rings is 1. The summed E-state index contributed by atoms with van der Waals surface area (Å²) in [5.41, 5.74) is 2.26. The highest BCUT2D eigenvalue weighted by Crippen LogP contribution is 2.25. The molecule has 0 aliphatic rings. The van der Waals surface area contributed by atoms with E-state index in [0.717, 1.165) is 16.9 Å². The van der Waals surface area contributed by atoms with Crippen molar-refractivity contribution in [3.63, 3.8) is 0 Å². The number of hydrogen-bond donors (Lipinski definition) is 0. The van der Waals surface area contributed by atoms with Crippen molar-refractivity contribution in [3.05, 3.63) is 29.6 Å². The second-order valence-corrected chi connectivity index (χ2v) is 6.54. The SMILES string of the molecule is CC(Cl)c1nc2ccc(C#N)cc2n1CCS(C)=O. The van der Waals surface area contributed by atoms with Gasteiger partial charge < -0.3 is 4.57 Å². The van der Waals surface area contributed by atoms with E-state index in [0.29, 0.717) is 17.9 Å². The zero-order chi connectivity index (χ0) is 14.0. The molecule has 0 aliphatic heterocycles. The molecule has 0 amide bonds. The maximum atomic E-state index is 11.3. The van der Waals surface area contributed by atoms with Crippen LogP contribution >= 0.6 is 11.6 Å². The minimum absolute atomic E-state index is 0.233.